The summed E-state index contributed by atoms with van der Waals surface area (Å²) in [5.74, 6) is 1.15. The van der Waals surface area contributed by atoms with Crippen molar-refractivity contribution in [2.45, 2.75) is 38.8 Å². The summed E-state index contributed by atoms with van der Waals surface area (Å²) in [6, 6.07) is 0. The predicted octanol–water partition coefficient (Wildman–Crippen LogP) is 1.09. The van der Waals surface area contributed by atoms with Gasteiger partial charge in [-0.25, -0.2) is 0 Å². The van der Waals surface area contributed by atoms with E-state index < -0.39 is 0 Å². The number of nitrogens with zero attached hydrogens (tertiary/aromatic N) is 2. The van der Waals surface area contributed by atoms with Crippen LogP contribution in [0.4, 0.5) is 0 Å². The molecule has 102 valence electrons. The topological polar surface area (TPSA) is 69.4 Å². The van der Waals surface area contributed by atoms with Gasteiger partial charge in [0.2, 0.25) is 11.8 Å². The zero-order valence-corrected chi connectivity index (χ0v) is 11.2. The van der Waals surface area contributed by atoms with Gasteiger partial charge >= 0.3 is 0 Å². The van der Waals surface area contributed by atoms with Crippen LogP contribution in [0.3, 0.4) is 0 Å². The van der Waals surface area contributed by atoms with E-state index in [9.17, 15) is 0 Å². The third-order valence-electron chi connectivity index (χ3n) is 2.57. The van der Waals surface area contributed by atoms with Crippen molar-refractivity contribution in [3.8, 4) is 0 Å². The van der Waals surface area contributed by atoms with E-state index in [1.165, 1.54) is 0 Å². The summed E-state index contributed by atoms with van der Waals surface area (Å²) in [7, 11) is 0. The van der Waals surface area contributed by atoms with Gasteiger partial charge in [0.15, 0.2) is 6.10 Å². The highest BCUT2D eigenvalue weighted by Crippen LogP contribution is 2.19. The van der Waals surface area contributed by atoms with Crippen molar-refractivity contribution in [2.75, 3.05) is 26.4 Å². The van der Waals surface area contributed by atoms with Crippen molar-refractivity contribution in [1.82, 2.24) is 15.5 Å². The van der Waals surface area contributed by atoms with Crippen LogP contribution in [-0.4, -0.2) is 42.1 Å². The Morgan fingerprint density at radius 2 is 2.11 bits per heavy atom. The van der Waals surface area contributed by atoms with Crippen LogP contribution < -0.4 is 5.32 Å². The van der Waals surface area contributed by atoms with Gasteiger partial charge in [0.05, 0.1) is 19.8 Å². The van der Waals surface area contributed by atoms with Crippen LogP contribution in [0, 0.1) is 0 Å². The molecule has 1 aromatic heterocycles. The number of hydrogen-bond acceptors (Lipinski definition) is 6. The van der Waals surface area contributed by atoms with Gasteiger partial charge < -0.3 is 19.2 Å². The average molecular weight is 255 g/mol. The second-order valence-corrected chi connectivity index (χ2v) is 5.40. The third-order valence-corrected chi connectivity index (χ3v) is 2.57. The Bertz CT molecular complexity index is 367. The van der Waals surface area contributed by atoms with Gasteiger partial charge in [0.1, 0.15) is 0 Å². The second-order valence-electron chi connectivity index (χ2n) is 5.40. The molecule has 1 aromatic rings. The lowest BCUT2D eigenvalue weighted by atomic mass is 10.1. The summed E-state index contributed by atoms with van der Waals surface area (Å²) in [5.41, 5.74) is 0.100. The van der Waals surface area contributed by atoms with Gasteiger partial charge in [-0.05, 0) is 20.8 Å². The molecule has 0 aliphatic carbocycles. The van der Waals surface area contributed by atoms with Gasteiger partial charge in [0, 0.05) is 18.5 Å². The summed E-state index contributed by atoms with van der Waals surface area (Å²) >= 11 is 0. The van der Waals surface area contributed by atoms with Gasteiger partial charge in [-0.15, -0.1) is 10.2 Å². The molecule has 18 heavy (non-hydrogen) atoms. The molecule has 1 atom stereocenters. The first-order valence-corrected chi connectivity index (χ1v) is 6.31. The largest absolute Gasteiger partial charge is 0.422 e. The number of nitrogens with one attached hydrogen (secondary N) is 1. The Hall–Kier alpha value is -0.980. The van der Waals surface area contributed by atoms with Crippen LogP contribution in [0.1, 0.15) is 38.7 Å². The van der Waals surface area contributed by atoms with Gasteiger partial charge in [-0.3, -0.25) is 0 Å². The first kappa shape index (κ1) is 13.5. The van der Waals surface area contributed by atoms with Crippen molar-refractivity contribution in [1.29, 1.82) is 0 Å². The Morgan fingerprint density at radius 1 is 1.28 bits per heavy atom. The molecule has 0 aromatic carbocycles. The molecule has 6 nitrogen and oxygen atoms in total. The van der Waals surface area contributed by atoms with Crippen LogP contribution in [0.5, 0.6) is 0 Å². The summed E-state index contributed by atoms with van der Waals surface area (Å²) < 4.78 is 16.4. The molecule has 2 heterocycles. The minimum Gasteiger partial charge on any atom is -0.422 e. The Kier molecular flexibility index (Phi) is 4.31. The molecule has 1 fully saturated rings. The highest BCUT2D eigenvalue weighted by molar-refractivity contribution is 4.89. The standard InChI is InChI=1S/C12H21N3O3/c1-12(2,3)13-5-4-10-14-15-11(18-10)9-8-16-6-7-17-9/h9,13H,4-8H2,1-3H3. The third kappa shape index (κ3) is 4.04. The number of ether oxygens (including phenoxy) is 2. The zero-order valence-electron chi connectivity index (χ0n) is 11.2. The maximum absolute atomic E-state index is 5.57. The second kappa shape index (κ2) is 5.77. The molecule has 0 spiro atoms. The highest BCUT2D eigenvalue weighted by atomic mass is 16.6. The number of aromatic nitrogens is 2. The lowest BCUT2D eigenvalue weighted by Crippen LogP contribution is -2.37. The van der Waals surface area contributed by atoms with E-state index in [4.69, 9.17) is 13.9 Å². The molecule has 1 aliphatic rings. The average Bonchev–Trinajstić information content (AvgIpc) is 2.77. The van der Waals surface area contributed by atoms with E-state index >= 15 is 0 Å². The van der Waals surface area contributed by atoms with Crippen LogP contribution in [-0.2, 0) is 15.9 Å². The molecular formula is C12H21N3O3. The van der Waals surface area contributed by atoms with Crippen molar-refractivity contribution in [2.24, 2.45) is 0 Å². The molecule has 1 unspecified atom stereocenters. The van der Waals surface area contributed by atoms with E-state index in [-0.39, 0.29) is 11.6 Å². The van der Waals surface area contributed by atoms with Gasteiger partial charge in [0.25, 0.3) is 0 Å². The molecule has 0 bridgehead atoms. The van der Waals surface area contributed by atoms with Crippen molar-refractivity contribution < 1.29 is 13.9 Å². The van der Waals surface area contributed by atoms with Crippen LogP contribution in [0.25, 0.3) is 0 Å². The number of hydrogen-bond donors (Lipinski definition) is 1. The van der Waals surface area contributed by atoms with E-state index in [2.05, 4.69) is 36.3 Å². The molecule has 0 radical (unpaired) electrons. The molecule has 0 saturated carbocycles. The minimum absolute atomic E-state index is 0.100. The summed E-state index contributed by atoms with van der Waals surface area (Å²) in [5, 5.41) is 11.4. The first-order valence-electron chi connectivity index (χ1n) is 6.31. The van der Waals surface area contributed by atoms with E-state index in [0.717, 1.165) is 13.0 Å². The first-order chi connectivity index (χ1) is 8.54. The molecule has 1 saturated heterocycles. The smallest absolute Gasteiger partial charge is 0.247 e. The van der Waals surface area contributed by atoms with Crippen molar-refractivity contribution in [3.05, 3.63) is 11.8 Å². The lowest BCUT2D eigenvalue weighted by Gasteiger charge is -2.20. The van der Waals surface area contributed by atoms with E-state index in [0.29, 0.717) is 31.6 Å². The maximum Gasteiger partial charge on any atom is 0.247 e. The van der Waals surface area contributed by atoms with Gasteiger partial charge in [-0.2, -0.15) is 0 Å². The fourth-order valence-corrected chi connectivity index (χ4v) is 1.67. The summed E-state index contributed by atoms with van der Waals surface area (Å²) in [4.78, 5) is 0. The van der Waals surface area contributed by atoms with Crippen molar-refractivity contribution in [3.63, 3.8) is 0 Å². The van der Waals surface area contributed by atoms with E-state index in [1.54, 1.807) is 0 Å². The molecule has 6 heteroatoms. The summed E-state index contributed by atoms with van der Waals surface area (Å²) in [6.45, 7) is 8.88. The van der Waals surface area contributed by atoms with Crippen LogP contribution in [0.15, 0.2) is 4.42 Å². The maximum atomic E-state index is 5.57. The predicted molar refractivity (Wildman–Crippen MR) is 65.3 cm³/mol. The molecule has 1 aliphatic heterocycles. The quantitative estimate of drug-likeness (QED) is 0.868. The van der Waals surface area contributed by atoms with Crippen molar-refractivity contribution >= 4 is 0 Å². The fraction of sp³-hybridized carbons (Fsp3) is 0.833. The molecule has 0 amide bonds. The monoisotopic (exact) mass is 255 g/mol. The van der Waals surface area contributed by atoms with Gasteiger partial charge in [-0.1, -0.05) is 0 Å². The van der Waals surface area contributed by atoms with Crippen LogP contribution in [0.2, 0.25) is 0 Å². The normalized spacial score (nSPS) is 21.2. The molecular weight excluding hydrogens is 234 g/mol. The number of rotatable bonds is 4. The summed E-state index contributed by atoms with van der Waals surface area (Å²) in [6.07, 6.45) is 0.508. The SMILES string of the molecule is CC(C)(C)NCCc1nnc(C2COCCO2)o1. The Labute approximate surface area is 107 Å². The molecule has 1 N–H and O–H groups in total. The lowest BCUT2D eigenvalue weighted by molar-refractivity contribution is -0.0999. The minimum atomic E-state index is -0.212. The zero-order chi connectivity index (χ0) is 13.0. The highest BCUT2D eigenvalue weighted by Gasteiger charge is 2.22. The van der Waals surface area contributed by atoms with E-state index in [1.807, 2.05) is 0 Å². The molecule has 2 rings (SSSR count). The Morgan fingerprint density at radius 3 is 2.78 bits per heavy atom. The Balaban J connectivity index is 1.82. The van der Waals surface area contributed by atoms with Crippen LogP contribution >= 0.6 is 0 Å². The fourth-order valence-electron chi connectivity index (χ4n) is 1.67.